The molecule has 8 nitrogen and oxygen atoms in total. The van der Waals surface area contributed by atoms with E-state index in [9.17, 15) is 14.4 Å². The van der Waals surface area contributed by atoms with E-state index in [1.165, 1.54) is 13.8 Å². The molecule has 0 fully saturated rings. The number of hydrogen-bond donors (Lipinski definition) is 2. The molecule has 0 aromatic heterocycles. The van der Waals surface area contributed by atoms with Gasteiger partial charge in [-0.25, -0.2) is 9.59 Å². The predicted molar refractivity (Wildman–Crippen MR) is 108 cm³/mol. The number of ether oxygens (including phenoxy) is 3. The molecule has 1 rings (SSSR count). The first-order chi connectivity index (χ1) is 13.4. The molecule has 29 heavy (non-hydrogen) atoms. The molecule has 0 heterocycles. The van der Waals surface area contributed by atoms with E-state index in [2.05, 4.69) is 10.6 Å². The van der Waals surface area contributed by atoms with Crippen LogP contribution in [-0.2, 0) is 30.4 Å². The van der Waals surface area contributed by atoms with Crippen LogP contribution >= 0.6 is 0 Å². The number of rotatable bonds is 9. The number of carbonyl (C=O) groups excluding carboxylic acids is 3. The molecule has 0 radical (unpaired) electrons. The predicted octanol–water partition coefficient (Wildman–Crippen LogP) is 2.55. The Labute approximate surface area is 172 Å². The van der Waals surface area contributed by atoms with E-state index in [1.807, 2.05) is 30.3 Å². The summed E-state index contributed by atoms with van der Waals surface area (Å²) in [6.07, 6.45) is -0.731. The zero-order chi connectivity index (χ0) is 22.1. The van der Waals surface area contributed by atoms with E-state index in [0.29, 0.717) is 0 Å². The number of alkyl carbamates (subject to hydrolysis) is 1. The number of hydrogen-bond acceptors (Lipinski definition) is 6. The van der Waals surface area contributed by atoms with Crippen molar-refractivity contribution in [2.75, 3.05) is 13.2 Å². The quantitative estimate of drug-likeness (QED) is 0.609. The fraction of sp³-hybridized carbons (Fsp3) is 0.571. The average molecular weight is 408 g/mol. The summed E-state index contributed by atoms with van der Waals surface area (Å²) in [5.74, 6) is -1.17. The van der Waals surface area contributed by atoms with Gasteiger partial charge in [-0.05, 0) is 47.1 Å². The molecule has 1 aromatic rings. The molecule has 162 valence electrons. The molecule has 0 aliphatic heterocycles. The molecular weight excluding hydrogens is 376 g/mol. The van der Waals surface area contributed by atoms with Gasteiger partial charge in [0.25, 0.3) is 0 Å². The number of benzene rings is 1. The molecule has 1 unspecified atom stereocenters. The van der Waals surface area contributed by atoms with E-state index < -0.39 is 35.2 Å². The van der Waals surface area contributed by atoms with Crippen molar-refractivity contribution in [1.82, 2.24) is 10.6 Å². The highest BCUT2D eigenvalue weighted by Gasteiger charge is 2.34. The van der Waals surface area contributed by atoms with Gasteiger partial charge in [0.05, 0.1) is 19.8 Å². The van der Waals surface area contributed by atoms with Gasteiger partial charge in [0.2, 0.25) is 5.91 Å². The first kappa shape index (κ1) is 24.4. The maximum Gasteiger partial charge on any atom is 0.408 e. The second-order valence-corrected chi connectivity index (χ2v) is 8.03. The molecule has 1 atom stereocenters. The van der Waals surface area contributed by atoms with Crippen LogP contribution in [0.25, 0.3) is 0 Å². The van der Waals surface area contributed by atoms with Gasteiger partial charge >= 0.3 is 12.1 Å². The van der Waals surface area contributed by atoms with Crippen molar-refractivity contribution >= 4 is 18.0 Å². The smallest absolute Gasteiger partial charge is 0.408 e. The molecule has 0 spiro atoms. The lowest BCUT2D eigenvalue weighted by Crippen LogP contribution is -2.59. The topological polar surface area (TPSA) is 103 Å². The molecule has 0 aliphatic rings. The van der Waals surface area contributed by atoms with Crippen LogP contribution in [-0.4, -0.2) is 48.4 Å². The molecule has 0 saturated heterocycles. The van der Waals surface area contributed by atoms with E-state index >= 15 is 0 Å². The largest absolute Gasteiger partial charge is 0.464 e. The Bertz CT molecular complexity index is 682. The minimum atomic E-state index is -1.31. The van der Waals surface area contributed by atoms with Crippen LogP contribution < -0.4 is 10.6 Å². The minimum Gasteiger partial charge on any atom is -0.464 e. The van der Waals surface area contributed by atoms with Crippen LogP contribution in [0, 0.1) is 0 Å². The lowest BCUT2D eigenvalue weighted by Gasteiger charge is -2.29. The molecular formula is C21H32N2O6. The van der Waals surface area contributed by atoms with Crippen LogP contribution in [0.4, 0.5) is 4.79 Å². The third-order valence-electron chi connectivity index (χ3n) is 3.65. The van der Waals surface area contributed by atoms with Crippen molar-refractivity contribution < 1.29 is 28.6 Å². The lowest BCUT2D eigenvalue weighted by atomic mass is 10.0. The highest BCUT2D eigenvalue weighted by Crippen LogP contribution is 2.10. The van der Waals surface area contributed by atoms with Crippen molar-refractivity contribution in [3.8, 4) is 0 Å². The molecule has 8 heteroatoms. The Morgan fingerprint density at radius 3 is 2.21 bits per heavy atom. The van der Waals surface area contributed by atoms with Gasteiger partial charge in [-0.15, -0.1) is 0 Å². The first-order valence-corrected chi connectivity index (χ1v) is 9.55. The van der Waals surface area contributed by atoms with Crippen LogP contribution in [0.2, 0.25) is 0 Å². The van der Waals surface area contributed by atoms with Gasteiger partial charge in [0.15, 0.2) is 6.04 Å². The second kappa shape index (κ2) is 10.8. The Hall–Kier alpha value is -2.61. The minimum absolute atomic E-state index is 0.0675. The Morgan fingerprint density at radius 2 is 1.66 bits per heavy atom. The van der Waals surface area contributed by atoms with Crippen LogP contribution in [0.5, 0.6) is 0 Å². The number of nitrogens with one attached hydrogen (secondary N) is 2. The van der Waals surface area contributed by atoms with Gasteiger partial charge in [0, 0.05) is 0 Å². The normalized spacial score (nSPS) is 12.6. The standard InChI is InChI=1S/C21H32N2O6/c1-7-28-17(24)16(14-27-13-15-11-9-8-10-12-15)22-18(25)21(5,6)23-19(26)29-20(2,3)4/h8-12,16H,7,13-14H2,1-6H3,(H,22,25)(H,23,26). The zero-order valence-electron chi connectivity index (χ0n) is 18.0. The number of esters is 1. The summed E-state index contributed by atoms with van der Waals surface area (Å²) in [5.41, 5.74) is -1.07. The van der Waals surface area contributed by atoms with Crippen molar-refractivity contribution in [3.05, 3.63) is 35.9 Å². The van der Waals surface area contributed by atoms with Gasteiger partial charge in [-0.3, -0.25) is 4.79 Å². The summed E-state index contributed by atoms with van der Waals surface area (Å²) in [7, 11) is 0. The van der Waals surface area contributed by atoms with Gasteiger partial charge in [-0.1, -0.05) is 30.3 Å². The monoisotopic (exact) mass is 408 g/mol. The zero-order valence-corrected chi connectivity index (χ0v) is 18.0. The average Bonchev–Trinajstić information content (AvgIpc) is 2.59. The summed E-state index contributed by atoms with van der Waals surface area (Å²) in [6.45, 7) is 10.3. The van der Waals surface area contributed by atoms with Crippen molar-refractivity contribution in [2.24, 2.45) is 0 Å². The molecule has 0 saturated carbocycles. The summed E-state index contributed by atoms with van der Waals surface area (Å²) in [4.78, 5) is 36.9. The number of carbonyl (C=O) groups is 3. The third kappa shape index (κ3) is 9.43. The van der Waals surface area contributed by atoms with Crippen LogP contribution in [0.15, 0.2) is 30.3 Å². The van der Waals surface area contributed by atoms with Crippen LogP contribution in [0.3, 0.4) is 0 Å². The second-order valence-electron chi connectivity index (χ2n) is 8.03. The molecule has 0 aliphatic carbocycles. The summed E-state index contributed by atoms with van der Waals surface area (Å²) >= 11 is 0. The Morgan fingerprint density at radius 1 is 1.03 bits per heavy atom. The fourth-order valence-electron chi connectivity index (χ4n) is 2.23. The third-order valence-corrected chi connectivity index (χ3v) is 3.65. The van der Waals surface area contributed by atoms with E-state index in [1.54, 1.807) is 27.7 Å². The van der Waals surface area contributed by atoms with Gasteiger partial charge in [-0.2, -0.15) is 0 Å². The molecule has 1 aromatic carbocycles. The molecule has 2 amide bonds. The van der Waals surface area contributed by atoms with Crippen molar-refractivity contribution in [1.29, 1.82) is 0 Å². The van der Waals surface area contributed by atoms with Crippen LogP contribution in [0.1, 0.15) is 47.1 Å². The number of amides is 2. The summed E-state index contributed by atoms with van der Waals surface area (Å²) in [5, 5.41) is 5.09. The van der Waals surface area contributed by atoms with Crippen molar-refractivity contribution in [3.63, 3.8) is 0 Å². The maximum atomic E-state index is 12.7. The van der Waals surface area contributed by atoms with Gasteiger partial charge in [0.1, 0.15) is 11.1 Å². The highest BCUT2D eigenvalue weighted by atomic mass is 16.6. The molecule has 2 N–H and O–H groups in total. The summed E-state index contributed by atoms with van der Waals surface area (Å²) in [6, 6.07) is 8.44. The van der Waals surface area contributed by atoms with Gasteiger partial charge < -0.3 is 24.8 Å². The van der Waals surface area contributed by atoms with Crippen molar-refractivity contribution in [2.45, 2.75) is 65.3 Å². The van der Waals surface area contributed by atoms with E-state index in [4.69, 9.17) is 14.2 Å². The molecule has 0 bridgehead atoms. The Kier molecular flexibility index (Phi) is 9.10. The highest BCUT2D eigenvalue weighted by molar-refractivity contribution is 5.92. The first-order valence-electron chi connectivity index (χ1n) is 9.55. The van der Waals surface area contributed by atoms with E-state index in [0.717, 1.165) is 5.56 Å². The Balaban J connectivity index is 2.71. The fourth-order valence-corrected chi connectivity index (χ4v) is 2.23. The lowest BCUT2D eigenvalue weighted by molar-refractivity contribution is -0.150. The SMILES string of the molecule is CCOC(=O)C(COCc1ccccc1)NC(=O)C(C)(C)NC(=O)OC(C)(C)C. The summed E-state index contributed by atoms with van der Waals surface area (Å²) < 4.78 is 15.8. The maximum absolute atomic E-state index is 12.7. The van der Waals surface area contributed by atoms with E-state index in [-0.39, 0.29) is 19.8 Å².